The van der Waals surface area contributed by atoms with E-state index in [1.165, 1.54) is 5.56 Å². The van der Waals surface area contributed by atoms with E-state index in [2.05, 4.69) is 13.8 Å². The molecule has 0 bridgehead atoms. The average molecular weight is 242 g/mol. The zero-order valence-corrected chi connectivity index (χ0v) is 10.7. The first-order valence-corrected chi connectivity index (χ1v) is 5.32. The molecule has 0 aromatic heterocycles. The van der Waals surface area contributed by atoms with E-state index in [9.17, 15) is 4.79 Å². The van der Waals surface area contributed by atoms with Crippen molar-refractivity contribution in [2.45, 2.75) is 33.1 Å². The van der Waals surface area contributed by atoms with Crippen LogP contribution in [0.1, 0.15) is 37.8 Å². The molecule has 0 fully saturated rings. The summed E-state index contributed by atoms with van der Waals surface area (Å²) in [6.07, 6.45) is 1.04. The summed E-state index contributed by atoms with van der Waals surface area (Å²) in [6.45, 7) is 6.06. The minimum Gasteiger partial charge on any atom is -1.00 e. The second-order valence-corrected chi connectivity index (χ2v) is 4.40. The number of hydrogen-bond donors (Lipinski definition) is 1. The second-order valence-electron chi connectivity index (χ2n) is 4.40. The first-order valence-electron chi connectivity index (χ1n) is 5.32. The smallest absolute Gasteiger partial charge is 0.310 e. The molecule has 0 aliphatic carbocycles. The van der Waals surface area contributed by atoms with Crippen molar-refractivity contribution in [3.8, 4) is 0 Å². The quantitative estimate of drug-likeness (QED) is 0.811. The van der Waals surface area contributed by atoms with Gasteiger partial charge in [0.15, 0.2) is 0 Å². The Morgan fingerprint density at radius 3 is 2.06 bits per heavy atom. The number of hydrogen-bond acceptors (Lipinski definition) is 1. The van der Waals surface area contributed by atoms with Gasteiger partial charge in [0.25, 0.3) is 0 Å². The molecule has 1 rings (SSSR count). The normalized spacial score (nSPS) is 12.0. The molecule has 0 aliphatic rings. The summed E-state index contributed by atoms with van der Waals surface area (Å²) in [5.74, 6) is -0.558. The van der Waals surface area contributed by atoms with Crippen molar-refractivity contribution in [1.29, 1.82) is 0 Å². The first kappa shape index (κ1) is 15.0. The van der Waals surface area contributed by atoms with Crippen LogP contribution in [0.25, 0.3) is 0 Å². The molecule has 0 spiro atoms. The van der Waals surface area contributed by atoms with Crippen LogP contribution in [0.5, 0.6) is 0 Å². The minimum absolute atomic E-state index is 0. The third-order valence-corrected chi connectivity index (χ3v) is 2.49. The van der Waals surface area contributed by atoms with E-state index in [0.717, 1.165) is 12.0 Å². The summed E-state index contributed by atoms with van der Waals surface area (Å²) in [4.78, 5) is 10.8. The van der Waals surface area contributed by atoms with E-state index < -0.39 is 11.9 Å². The van der Waals surface area contributed by atoms with E-state index in [-0.39, 0.29) is 12.4 Å². The fourth-order valence-electron chi connectivity index (χ4n) is 1.56. The Morgan fingerprint density at radius 2 is 1.69 bits per heavy atom. The van der Waals surface area contributed by atoms with Gasteiger partial charge in [-0.3, -0.25) is 4.79 Å². The highest BCUT2D eigenvalue weighted by Crippen LogP contribution is 2.17. The summed E-state index contributed by atoms with van der Waals surface area (Å²) in [5.41, 5.74) is 2.14. The fraction of sp³-hybridized carbons (Fsp3) is 0.462. The van der Waals surface area contributed by atoms with Crippen molar-refractivity contribution >= 4 is 5.97 Å². The Hall–Kier alpha value is -1.02. The van der Waals surface area contributed by atoms with Crippen LogP contribution in [0, 0.1) is 5.92 Å². The zero-order chi connectivity index (χ0) is 11.4. The van der Waals surface area contributed by atoms with Crippen LogP contribution in [-0.4, -0.2) is 11.1 Å². The van der Waals surface area contributed by atoms with Crippen molar-refractivity contribution in [3.05, 3.63) is 35.4 Å². The van der Waals surface area contributed by atoms with Crippen molar-refractivity contribution in [2.24, 2.45) is 5.92 Å². The van der Waals surface area contributed by atoms with Gasteiger partial charge >= 0.3 is 5.97 Å². The third-order valence-electron chi connectivity index (χ3n) is 2.49. The van der Waals surface area contributed by atoms with Crippen LogP contribution in [-0.2, 0) is 11.2 Å². The molecule has 0 aliphatic heterocycles. The number of aliphatic carboxylic acids is 1. The van der Waals surface area contributed by atoms with Crippen LogP contribution < -0.4 is 12.4 Å². The number of carboxylic acid groups (broad SMARTS) is 1. The molecule has 0 saturated heterocycles. The highest BCUT2D eigenvalue weighted by molar-refractivity contribution is 5.75. The van der Waals surface area contributed by atoms with Gasteiger partial charge in [0, 0.05) is 0 Å². The topological polar surface area (TPSA) is 37.3 Å². The lowest BCUT2D eigenvalue weighted by molar-refractivity contribution is -0.138. The molecule has 0 radical (unpaired) electrons. The van der Waals surface area contributed by atoms with E-state index in [1.54, 1.807) is 6.92 Å². The van der Waals surface area contributed by atoms with Crippen molar-refractivity contribution in [1.82, 2.24) is 0 Å². The third kappa shape index (κ3) is 4.23. The second kappa shape index (κ2) is 6.54. The lowest BCUT2D eigenvalue weighted by atomic mass is 9.97. The highest BCUT2D eigenvalue weighted by atomic mass is 35.5. The van der Waals surface area contributed by atoms with Gasteiger partial charge in [-0.25, -0.2) is 0 Å². The fourth-order valence-corrected chi connectivity index (χ4v) is 1.56. The minimum atomic E-state index is -0.772. The van der Waals surface area contributed by atoms with Crippen LogP contribution in [0.2, 0.25) is 0 Å². The molecule has 3 heteroatoms. The SMILES string of the molecule is CC(C)Cc1ccc(C(C)C(=O)O)cc1.[Cl-]. The Bertz CT molecular complexity index is 330. The maximum Gasteiger partial charge on any atom is 0.310 e. The van der Waals surface area contributed by atoms with Gasteiger partial charge in [0.2, 0.25) is 0 Å². The molecule has 1 aromatic carbocycles. The van der Waals surface area contributed by atoms with Gasteiger partial charge in [0.05, 0.1) is 5.92 Å². The van der Waals surface area contributed by atoms with Gasteiger partial charge in [-0.1, -0.05) is 38.1 Å². The standard InChI is InChI=1S/C13H18O2.ClH/c1-9(2)8-11-4-6-12(7-5-11)10(3)13(14)15;/h4-7,9-10H,8H2,1-3H3,(H,14,15);1H/p-1. The Labute approximate surface area is 103 Å². The Kier molecular flexibility index (Phi) is 6.12. The molecule has 1 N–H and O–H groups in total. The molecule has 1 atom stereocenters. The number of rotatable bonds is 4. The van der Waals surface area contributed by atoms with Gasteiger partial charge in [-0.15, -0.1) is 0 Å². The lowest BCUT2D eigenvalue weighted by Crippen LogP contribution is -3.00. The van der Waals surface area contributed by atoms with E-state index in [4.69, 9.17) is 5.11 Å². The largest absolute Gasteiger partial charge is 1.00 e. The van der Waals surface area contributed by atoms with Crippen molar-refractivity contribution < 1.29 is 22.3 Å². The van der Waals surface area contributed by atoms with Gasteiger partial charge in [0.1, 0.15) is 0 Å². The summed E-state index contributed by atoms with van der Waals surface area (Å²) in [5, 5.41) is 8.85. The lowest BCUT2D eigenvalue weighted by Gasteiger charge is -2.09. The number of carboxylic acids is 1. The van der Waals surface area contributed by atoms with Crippen LogP contribution in [0.4, 0.5) is 0 Å². The molecular weight excluding hydrogens is 224 g/mol. The zero-order valence-electron chi connectivity index (χ0n) is 9.90. The Morgan fingerprint density at radius 1 is 1.19 bits per heavy atom. The van der Waals surface area contributed by atoms with Gasteiger partial charge in [-0.05, 0) is 30.4 Å². The van der Waals surface area contributed by atoms with Crippen molar-refractivity contribution in [2.75, 3.05) is 0 Å². The highest BCUT2D eigenvalue weighted by Gasteiger charge is 2.12. The number of carbonyl (C=O) groups is 1. The van der Waals surface area contributed by atoms with E-state index in [1.807, 2.05) is 24.3 Å². The van der Waals surface area contributed by atoms with E-state index >= 15 is 0 Å². The molecular formula is C13H18ClO2-. The molecule has 16 heavy (non-hydrogen) atoms. The summed E-state index contributed by atoms with van der Waals surface area (Å²) < 4.78 is 0. The molecule has 90 valence electrons. The number of benzene rings is 1. The molecule has 1 unspecified atom stereocenters. The average Bonchev–Trinajstić information content (AvgIpc) is 2.17. The van der Waals surface area contributed by atoms with E-state index in [0.29, 0.717) is 5.92 Å². The summed E-state index contributed by atoms with van der Waals surface area (Å²) >= 11 is 0. The molecule has 0 heterocycles. The predicted molar refractivity (Wildman–Crippen MR) is 61.0 cm³/mol. The number of halogens is 1. The summed E-state index contributed by atoms with van der Waals surface area (Å²) in [6, 6.07) is 7.87. The Balaban J connectivity index is 0.00000225. The van der Waals surface area contributed by atoms with Crippen LogP contribution >= 0.6 is 0 Å². The molecule has 0 saturated carbocycles. The monoisotopic (exact) mass is 241 g/mol. The molecule has 0 amide bonds. The summed E-state index contributed by atoms with van der Waals surface area (Å²) in [7, 11) is 0. The van der Waals surface area contributed by atoms with Crippen molar-refractivity contribution in [3.63, 3.8) is 0 Å². The van der Waals surface area contributed by atoms with Gasteiger partial charge in [-0.2, -0.15) is 0 Å². The van der Waals surface area contributed by atoms with Crippen LogP contribution in [0.15, 0.2) is 24.3 Å². The molecule has 1 aromatic rings. The predicted octanol–water partition coefficient (Wildman–Crippen LogP) is 0.0772. The maximum absolute atomic E-state index is 10.8. The maximum atomic E-state index is 10.8. The van der Waals surface area contributed by atoms with Crippen LogP contribution in [0.3, 0.4) is 0 Å². The first-order chi connectivity index (χ1) is 7.00. The molecule has 2 nitrogen and oxygen atoms in total. The van der Waals surface area contributed by atoms with Gasteiger partial charge < -0.3 is 17.5 Å².